The molecule has 0 saturated heterocycles. The maximum atomic E-state index is 13.7. The van der Waals surface area contributed by atoms with Crippen molar-refractivity contribution in [2.75, 3.05) is 19.6 Å². The highest BCUT2D eigenvalue weighted by molar-refractivity contribution is 9.10. The molecule has 190 valence electrons. The SMILES string of the molecule is C=CCN(CC(=O)N1CCc2sccc2C1c1ccc(C(C)(C)C)cc1)S(=O)(=O)c1ccc(Br)cc1. The second-order valence-electron chi connectivity index (χ2n) is 9.95. The first-order valence-electron chi connectivity index (χ1n) is 11.8. The van der Waals surface area contributed by atoms with Gasteiger partial charge < -0.3 is 4.90 Å². The van der Waals surface area contributed by atoms with E-state index in [2.05, 4.69) is 79.0 Å². The number of carbonyl (C=O) groups is 1. The summed E-state index contributed by atoms with van der Waals surface area (Å²) in [6, 6.07) is 16.7. The summed E-state index contributed by atoms with van der Waals surface area (Å²) in [5, 5.41) is 2.07. The fourth-order valence-corrected chi connectivity index (χ4v) is 7.03. The van der Waals surface area contributed by atoms with E-state index in [0.29, 0.717) is 6.54 Å². The van der Waals surface area contributed by atoms with Crippen molar-refractivity contribution < 1.29 is 13.2 Å². The first-order valence-corrected chi connectivity index (χ1v) is 15.0. The van der Waals surface area contributed by atoms with Gasteiger partial charge in [-0.15, -0.1) is 17.9 Å². The minimum Gasteiger partial charge on any atom is -0.330 e. The molecular formula is C28H31BrN2O3S2. The lowest BCUT2D eigenvalue weighted by molar-refractivity contribution is -0.133. The van der Waals surface area contributed by atoms with Crippen molar-refractivity contribution in [1.29, 1.82) is 0 Å². The molecule has 1 aliphatic rings. The summed E-state index contributed by atoms with van der Waals surface area (Å²) in [4.78, 5) is 17.0. The van der Waals surface area contributed by atoms with Crippen LogP contribution in [0.4, 0.5) is 0 Å². The monoisotopic (exact) mass is 586 g/mol. The third kappa shape index (κ3) is 5.52. The van der Waals surface area contributed by atoms with Crippen LogP contribution in [0.15, 0.2) is 82.0 Å². The number of sulfonamides is 1. The molecule has 1 aliphatic heterocycles. The van der Waals surface area contributed by atoms with Crippen molar-refractivity contribution in [3.63, 3.8) is 0 Å². The van der Waals surface area contributed by atoms with E-state index in [1.165, 1.54) is 33.0 Å². The number of thiophene rings is 1. The zero-order valence-electron chi connectivity index (χ0n) is 20.8. The second-order valence-corrected chi connectivity index (χ2v) is 13.8. The normalized spacial score (nSPS) is 16.1. The fourth-order valence-electron chi connectivity index (χ4n) is 4.50. The molecule has 2 heterocycles. The topological polar surface area (TPSA) is 57.7 Å². The van der Waals surface area contributed by atoms with Gasteiger partial charge in [-0.3, -0.25) is 4.79 Å². The molecule has 2 aromatic carbocycles. The van der Waals surface area contributed by atoms with E-state index in [-0.39, 0.29) is 35.3 Å². The number of halogens is 1. The summed E-state index contributed by atoms with van der Waals surface area (Å²) in [6.07, 6.45) is 2.27. The molecule has 0 aliphatic carbocycles. The summed E-state index contributed by atoms with van der Waals surface area (Å²) in [7, 11) is -3.87. The van der Waals surface area contributed by atoms with E-state index >= 15 is 0 Å². The number of nitrogens with zero attached hydrogens (tertiary/aromatic N) is 2. The van der Waals surface area contributed by atoms with Gasteiger partial charge in [-0.05, 0) is 64.2 Å². The smallest absolute Gasteiger partial charge is 0.243 e. The molecule has 1 amide bonds. The van der Waals surface area contributed by atoms with E-state index in [0.717, 1.165) is 22.0 Å². The van der Waals surface area contributed by atoms with Crippen molar-refractivity contribution in [2.45, 2.75) is 43.5 Å². The Hall–Kier alpha value is -2.26. The van der Waals surface area contributed by atoms with Crippen LogP contribution in [0.2, 0.25) is 0 Å². The molecule has 0 spiro atoms. The molecule has 4 rings (SSSR count). The maximum absolute atomic E-state index is 13.7. The Morgan fingerprint density at radius 2 is 1.81 bits per heavy atom. The van der Waals surface area contributed by atoms with Crippen LogP contribution in [0, 0.1) is 0 Å². The number of benzene rings is 2. The van der Waals surface area contributed by atoms with Crippen LogP contribution in [0.25, 0.3) is 0 Å². The molecule has 0 radical (unpaired) electrons. The number of hydrogen-bond acceptors (Lipinski definition) is 4. The first kappa shape index (κ1) is 26.8. The highest BCUT2D eigenvalue weighted by atomic mass is 79.9. The molecule has 8 heteroatoms. The molecule has 1 atom stereocenters. The number of rotatable bonds is 7. The summed E-state index contributed by atoms with van der Waals surface area (Å²) >= 11 is 5.05. The Bertz CT molecular complexity index is 1340. The lowest BCUT2D eigenvalue weighted by Crippen LogP contribution is -2.46. The van der Waals surface area contributed by atoms with Gasteiger partial charge in [0.15, 0.2) is 0 Å². The van der Waals surface area contributed by atoms with Gasteiger partial charge in [0.2, 0.25) is 15.9 Å². The largest absolute Gasteiger partial charge is 0.330 e. The number of amides is 1. The van der Waals surface area contributed by atoms with E-state index < -0.39 is 10.0 Å². The number of hydrogen-bond donors (Lipinski definition) is 0. The van der Waals surface area contributed by atoms with Crippen LogP contribution in [-0.2, 0) is 26.7 Å². The molecule has 36 heavy (non-hydrogen) atoms. The lowest BCUT2D eigenvalue weighted by Gasteiger charge is -2.37. The Balaban J connectivity index is 1.66. The zero-order valence-corrected chi connectivity index (χ0v) is 24.0. The van der Waals surface area contributed by atoms with Crippen molar-refractivity contribution in [3.05, 3.63) is 98.7 Å². The van der Waals surface area contributed by atoms with E-state index in [1.54, 1.807) is 23.5 Å². The summed E-state index contributed by atoms with van der Waals surface area (Å²) in [5.74, 6) is -0.223. The van der Waals surface area contributed by atoms with Crippen LogP contribution < -0.4 is 0 Å². The number of fused-ring (bicyclic) bond motifs is 1. The van der Waals surface area contributed by atoms with Crippen LogP contribution in [0.3, 0.4) is 0 Å². The average Bonchev–Trinajstić information content (AvgIpc) is 3.32. The maximum Gasteiger partial charge on any atom is 0.243 e. The molecular weight excluding hydrogens is 556 g/mol. The van der Waals surface area contributed by atoms with Gasteiger partial charge in [-0.2, -0.15) is 4.31 Å². The van der Waals surface area contributed by atoms with Gasteiger partial charge in [0, 0.05) is 22.4 Å². The third-order valence-corrected chi connectivity index (χ3v) is 9.83. The first-order chi connectivity index (χ1) is 17.0. The molecule has 0 fully saturated rings. The Kier molecular flexibility index (Phi) is 7.90. The predicted molar refractivity (Wildman–Crippen MR) is 150 cm³/mol. The van der Waals surface area contributed by atoms with Crippen LogP contribution in [0.1, 0.15) is 48.4 Å². The predicted octanol–water partition coefficient (Wildman–Crippen LogP) is 6.16. The van der Waals surface area contributed by atoms with Crippen molar-refractivity contribution >= 4 is 43.2 Å². The second kappa shape index (κ2) is 10.6. The molecule has 5 nitrogen and oxygen atoms in total. The molecule has 0 saturated carbocycles. The highest BCUT2D eigenvalue weighted by Gasteiger charge is 2.35. The van der Waals surface area contributed by atoms with Gasteiger partial charge in [-0.25, -0.2) is 8.42 Å². The molecule has 0 bridgehead atoms. The number of carbonyl (C=O) groups excluding carboxylic acids is 1. The van der Waals surface area contributed by atoms with Gasteiger partial charge in [0.05, 0.1) is 17.5 Å². The molecule has 1 unspecified atom stereocenters. The lowest BCUT2D eigenvalue weighted by atomic mass is 9.85. The minimum absolute atomic E-state index is 0.0285. The quantitative estimate of drug-likeness (QED) is 0.311. The van der Waals surface area contributed by atoms with E-state index in [1.807, 2.05) is 4.90 Å². The van der Waals surface area contributed by atoms with Crippen LogP contribution in [0.5, 0.6) is 0 Å². The fraction of sp³-hybridized carbons (Fsp3) is 0.321. The van der Waals surface area contributed by atoms with Crippen LogP contribution >= 0.6 is 27.3 Å². The Morgan fingerprint density at radius 3 is 2.42 bits per heavy atom. The van der Waals surface area contributed by atoms with Gasteiger partial charge in [-0.1, -0.05) is 67.0 Å². The van der Waals surface area contributed by atoms with Crippen molar-refractivity contribution in [2.24, 2.45) is 0 Å². The van der Waals surface area contributed by atoms with E-state index in [9.17, 15) is 13.2 Å². The summed E-state index contributed by atoms with van der Waals surface area (Å²) < 4.78 is 28.8. The third-order valence-electron chi connectivity index (χ3n) is 6.47. The Morgan fingerprint density at radius 1 is 1.14 bits per heavy atom. The minimum atomic E-state index is -3.87. The Labute approximate surface area is 226 Å². The highest BCUT2D eigenvalue weighted by Crippen LogP contribution is 2.38. The van der Waals surface area contributed by atoms with Crippen molar-refractivity contribution in [3.8, 4) is 0 Å². The molecule has 0 N–H and O–H groups in total. The van der Waals surface area contributed by atoms with Gasteiger partial charge in [0.25, 0.3) is 0 Å². The van der Waals surface area contributed by atoms with Gasteiger partial charge >= 0.3 is 0 Å². The average molecular weight is 588 g/mol. The van der Waals surface area contributed by atoms with E-state index in [4.69, 9.17) is 0 Å². The van der Waals surface area contributed by atoms with Crippen LogP contribution in [-0.4, -0.2) is 43.2 Å². The van der Waals surface area contributed by atoms with Crippen molar-refractivity contribution in [1.82, 2.24) is 9.21 Å². The molecule has 3 aromatic rings. The summed E-state index contributed by atoms with van der Waals surface area (Å²) in [6.45, 7) is 10.6. The zero-order chi connectivity index (χ0) is 26.1. The standard InChI is InChI=1S/C28H31BrN2O3S2/c1-5-16-30(36(33,34)23-12-10-22(29)11-13-23)19-26(32)31-17-14-25-24(15-18-35-25)27(31)20-6-8-21(9-7-20)28(2,3)4/h5-13,15,18,27H,1,14,16-17,19H2,2-4H3. The van der Waals surface area contributed by atoms with Gasteiger partial charge in [0.1, 0.15) is 0 Å². The molecule has 1 aromatic heterocycles. The summed E-state index contributed by atoms with van der Waals surface area (Å²) in [5.41, 5.74) is 3.40.